The second-order valence-corrected chi connectivity index (χ2v) is 8.82. The van der Waals surface area contributed by atoms with E-state index >= 15 is 0 Å². The number of carbonyl (C=O) groups is 1. The molecule has 0 aliphatic rings. The standard InChI is InChI=1S/C22H36NO5P/c1-4-7-8-9-10-11-22(25)23-20(18-19-12-14-21(24)15-13-19)16-17-29(26,27-5-2)28-6-3/h12-17,20,24H,4-11,18H2,1-3H3,(H,23,25)/t20-/m0/s1. The van der Waals surface area contributed by atoms with E-state index in [1.807, 2.05) is 0 Å². The number of phenols is 1. The lowest BCUT2D eigenvalue weighted by molar-refractivity contribution is -0.121. The largest absolute Gasteiger partial charge is 0.508 e. The quantitative estimate of drug-likeness (QED) is 0.284. The van der Waals surface area contributed by atoms with Crippen LogP contribution in [0.4, 0.5) is 0 Å². The third-order valence-electron chi connectivity index (χ3n) is 4.36. The predicted molar refractivity (Wildman–Crippen MR) is 117 cm³/mol. The van der Waals surface area contributed by atoms with Gasteiger partial charge in [-0.15, -0.1) is 0 Å². The molecule has 29 heavy (non-hydrogen) atoms. The van der Waals surface area contributed by atoms with E-state index in [2.05, 4.69) is 12.2 Å². The highest BCUT2D eigenvalue weighted by Crippen LogP contribution is 2.49. The smallest absolute Gasteiger partial charge is 0.353 e. The lowest BCUT2D eigenvalue weighted by Crippen LogP contribution is -2.34. The maximum absolute atomic E-state index is 12.7. The molecule has 1 rings (SSSR count). The van der Waals surface area contributed by atoms with Crippen molar-refractivity contribution >= 4 is 13.5 Å². The van der Waals surface area contributed by atoms with Crippen molar-refractivity contribution in [1.29, 1.82) is 0 Å². The Bertz CT molecular complexity index is 650. The van der Waals surface area contributed by atoms with E-state index in [9.17, 15) is 14.5 Å². The van der Waals surface area contributed by atoms with Gasteiger partial charge in [0.25, 0.3) is 0 Å². The highest BCUT2D eigenvalue weighted by molar-refractivity contribution is 7.57. The van der Waals surface area contributed by atoms with E-state index in [0.717, 1.165) is 24.8 Å². The highest BCUT2D eigenvalue weighted by atomic mass is 31.2. The highest BCUT2D eigenvalue weighted by Gasteiger charge is 2.20. The van der Waals surface area contributed by atoms with Gasteiger partial charge in [0.2, 0.25) is 5.91 Å². The normalized spacial score (nSPS) is 12.9. The van der Waals surface area contributed by atoms with Crippen LogP contribution in [0, 0.1) is 0 Å². The molecule has 7 heteroatoms. The van der Waals surface area contributed by atoms with Crippen LogP contribution in [0.15, 0.2) is 36.2 Å². The Morgan fingerprint density at radius 3 is 2.28 bits per heavy atom. The van der Waals surface area contributed by atoms with Gasteiger partial charge < -0.3 is 19.5 Å². The van der Waals surface area contributed by atoms with Crippen molar-refractivity contribution in [2.75, 3.05) is 13.2 Å². The number of benzene rings is 1. The van der Waals surface area contributed by atoms with Crippen LogP contribution in [0.25, 0.3) is 0 Å². The number of hydrogen-bond acceptors (Lipinski definition) is 5. The number of carbonyl (C=O) groups excluding carboxylic acids is 1. The fourth-order valence-electron chi connectivity index (χ4n) is 2.91. The van der Waals surface area contributed by atoms with Gasteiger partial charge in [0.15, 0.2) is 0 Å². The zero-order chi connectivity index (χ0) is 21.5. The van der Waals surface area contributed by atoms with Gasteiger partial charge in [0.05, 0.1) is 19.3 Å². The van der Waals surface area contributed by atoms with E-state index in [1.54, 1.807) is 44.2 Å². The van der Waals surface area contributed by atoms with Gasteiger partial charge in [-0.05, 0) is 44.4 Å². The van der Waals surface area contributed by atoms with Gasteiger partial charge in [0.1, 0.15) is 5.75 Å². The van der Waals surface area contributed by atoms with E-state index in [1.165, 1.54) is 18.7 Å². The molecule has 1 aromatic carbocycles. The second kappa shape index (κ2) is 14.4. The lowest BCUT2D eigenvalue weighted by Gasteiger charge is -2.18. The zero-order valence-electron chi connectivity index (χ0n) is 17.9. The van der Waals surface area contributed by atoms with E-state index in [0.29, 0.717) is 12.8 Å². The maximum atomic E-state index is 12.7. The molecule has 1 atom stereocenters. The van der Waals surface area contributed by atoms with E-state index in [-0.39, 0.29) is 30.9 Å². The number of hydrogen-bond donors (Lipinski definition) is 2. The van der Waals surface area contributed by atoms with Crippen molar-refractivity contribution in [2.24, 2.45) is 0 Å². The number of unbranched alkanes of at least 4 members (excludes halogenated alkanes) is 4. The Morgan fingerprint density at radius 2 is 1.69 bits per heavy atom. The molecule has 0 aliphatic carbocycles. The fourth-order valence-corrected chi connectivity index (χ4v) is 4.30. The molecule has 0 radical (unpaired) electrons. The summed E-state index contributed by atoms with van der Waals surface area (Å²) in [6.07, 6.45) is 8.08. The number of nitrogens with one attached hydrogen (secondary N) is 1. The summed E-state index contributed by atoms with van der Waals surface area (Å²) in [4.78, 5) is 12.4. The Morgan fingerprint density at radius 1 is 1.07 bits per heavy atom. The molecule has 0 saturated carbocycles. The minimum Gasteiger partial charge on any atom is -0.508 e. The molecular formula is C22H36NO5P. The van der Waals surface area contributed by atoms with Crippen molar-refractivity contribution in [3.63, 3.8) is 0 Å². The van der Waals surface area contributed by atoms with Gasteiger partial charge in [0, 0.05) is 12.2 Å². The average molecular weight is 426 g/mol. The molecule has 2 N–H and O–H groups in total. The van der Waals surface area contributed by atoms with E-state index < -0.39 is 7.60 Å². The average Bonchev–Trinajstić information content (AvgIpc) is 2.68. The Kier molecular flexibility index (Phi) is 12.6. The second-order valence-electron chi connectivity index (χ2n) is 6.93. The van der Waals surface area contributed by atoms with Gasteiger partial charge >= 0.3 is 7.60 Å². The number of amides is 1. The number of aromatic hydroxyl groups is 1. The molecule has 0 fully saturated rings. The van der Waals surface area contributed by atoms with Gasteiger partial charge in [-0.2, -0.15) is 0 Å². The topological polar surface area (TPSA) is 84.9 Å². The Balaban J connectivity index is 2.79. The summed E-state index contributed by atoms with van der Waals surface area (Å²) in [5.41, 5.74) is 0.948. The van der Waals surface area contributed by atoms with Gasteiger partial charge in [-0.25, -0.2) is 0 Å². The molecule has 1 aromatic rings. The molecule has 164 valence electrons. The van der Waals surface area contributed by atoms with Crippen molar-refractivity contribution < 1.29 is 23.5 Å². The summed E-state index contributed by atoms with van der Waals surface area (Å²) in [5, 5.41) is 12.5. The minimum atomic E-state index is -3.33. The molecule has 0 unspecified atom stereocenters. The third-order valence-corrected chi connectivity index (χ3v) is 6.14. The summed E-state index contributed by atoms with van der Waals surface area (Å²) in [6, 6.07) is 6.47. The van der Waals surface area contributed by atoms with Crippen LogP contribution in [0.2, 0.25) is 0 Å². The molecule has 0 saturated heterocycles. The molecular weight excluding hydrogens is 389 g/mol. The summed E-state index contributed by atoms with van der Waals surface area (Å²) in [5.74, 6) is 1.60. The first-order valence-corrected chi connectivity index (χ1v) is 12.2. The van der Waals surface area contributed by atoms with Crippen LogP contribution in [0.3, 0.4) is 0 Å². The monoisotopic (exact) mass is 425 g/mol. The van der Waals surface area contributed by atoms with Crippen molar-refractivity contribution in [2.45, 2.75) is 71.8 Å². The number of rotatable bonds is 15. The molecule has 1 amide bonds. The first kappa shape index (κ1) is 25.4. The number of phenolic OH excluding ortho intramolecular Hbond substituents is 1. The maximum Gasteiger partial charge on any atom is 0.353 e. The molecule has 0 heterocycles. The summed E-state index contributed by atoms with van der Waals surface area (Å²) in [7, 11) is -3.33. The van der Waals surface area contributed by atoms with Crippen molar-refractivity contribution in [3.8, 4) is 5.75 Å². The molecule has 0 aromatic heterocycles. The van der Waals surface area contributed by atoms with Gasteiger partial charge in [-0.1, -0.05) is 50.8 Å². The first-order valence-electron chi connectivity index (χ1n) is 10.6. The molecule has 6 nitrogen and oxygen atoms in total. The van der Waals surface area contributed by atoms with Crippen LogP contribution in [0.5, 0.6) is 5.75 Å². The zero-order valence-corrected chi connectivity index (χ0v) is 18.8. The van der Waals surface area contributed by atoms with Crippen molar-refractivity contribution in [1.82, 2.24) is 5.32 Å². The van der Waals surface area contributed by atoms with Crippen LogP contribution in [0.1, 0.15) is 64.9 Å². The van der Waals surface area contributed by atoms with Crippen LogP contribution < -0.4 is 5.32 Å². The van der Waals surface area contributed by atoms with Crippen LogP contribution in [-0.2, 0) is 24.8 Å². The Hall–Kier alpha value is -1.62. The summed E-state index contributed by atoms with van der Waals surface area (Å²) in [6.45, 7) is 6.22. The SMILES string of the molecule is CCCCCCCC(=O)N[C@@H](C=CP(=O)(OCC)OCC)Cc1ccc(O)cc1. The molecule has 0 bridgehead atoms. The first-order chi connectivity index (χ1) is 13.9. The minimum absolute atomic E-state index is 0.0300. The Labute approximate surface area is 175 Å². The van der Waals surface area contributed by atoms with Crippen LogP contribution >= 0.6 is 7.60 Å². The third kappa shape index (κ3) is 11.2. The van der Waals surface area contributed by atoms with Gasteiger partial charge in [-0.3, -0.25) is 9.36 Å². The van der Waals surface area contributed by atoms with Crippen molar-refractivity contribution in [3.05, 3.63) is 41.7 Å². The fraction of sp³-hybridized carbons (Fsp3) is 0.591. The molecule has 0 spiro atoms. The molecule has 0 aliphatic heterocycles. The van der Waals surface area contributed by atoms with Crippen LogP contribution in [-0.4, -0.2) is 30.3 Å². The van der Waals surface area contributed by atoms with E-state index in [4.69, 9.17) is 9.05 Å². The summed E-state index contributed by atoms with van der Waals surface area (Å²) >= 11 is 0. The lowest BCUT2D eigenvalue weighted by atomic mass is 10.1. The predicted octanol–water partition coefficient (Wildman–Crippen LogP) is 5.56. The summed E-state index contributed by atoms with van der Waals surface area (Å²) < 4.78 is 23.3.